The molecule has 2 unspecified atom stereocenters. The van der Waals surface area contributed by atoms with E-state index >= 15 is 0 Å². The van der Waals surface area contributed by atoms with Gasteiger partial charge < -0.3 is 10.2 Å². The van der Waals surface area contributed by atoms with Gasteiger partial charge in [-0.2, -0.15) is 0 Å². The minimum absolute atomic E-state index is 0.286. The molecule has 0 heterocycles. The lowest BCUT2D eigenvalue weighted by atomic mass is 9.90. The van der Waals surface area contributed by atoms with Gasteiger partial charge in [0.1, 0.15) is 0 Å². The Morgan fingerprint density at radius 2 is 1.50 bits per heavy atom. The normalized spacial score (nSPS) is 19.5. The van der Waals surface area contributed by atoms with Crippen LogP contribution < -0.4 is 0 Å². The molecule has 2 N–H and O–H groups in total. The van der Waals surface area contributed by atoms with E-state index in [1.807, 2.05) is 0 Å². The van der Waals surface area contributed by atoms with Crippen molar-refractivity contribution in [1.82, 2.24) is 0 Å². The van der Waals surface area contributed by atoms with Crippen LogP contribution in [0, 0.1) is 33.6 Å². The molecule has 0 bridgehead atoms. The van der Waals surface area contributed by atoms with E-state index in [1.54, 1.807) is 0 Å². The largest absolute Gasteiger partial charge is 0.481 e. The fourth-order valence-electron chi connectivity index (χ4n) is 4.17. The van der Waals surface area contributed by atoms with Crippen LogP contribution in [0.25, 0.3) is 0 Å². The van der Waals surface area contributed by atoms with Crippen LogP contribution in [0.4, 0.5) is 0 Å². The van der Waals surface area contributed by atoms with Gasteiger partial charge in [-0.25, -0.2) is 0 Å². The van der Waals surface area contributed by atoms with Crippen molar-refractivity contribution in [3.05, 3.63) is 33.4 Å². The quantitative estimate of drug-likeness (QED) is 0.663. The van der Waals surface area contributed by atoms with Gasteiger partial charge in [-0.3, -0.25) is 4.79 Å². The fraction of sp³-hybridized carbons (Fsp3) is 0.667. The number of aliphatic hydroxyl groups excluding tert-OH is 1. The van der Waals surface area contributed by atoms with E-state index in [0.717, 1.165) is 44.9 Å². The standard InChI is InChI=1S/C21H32O3/c1-13-14(2)16(4)20-18(15(13)3)12-17(21(20)24)10-8-6-5-7-9-11-19(22)23/h17,21,24H,5-12H2,1-4H3,(H,22,23). The lowest BCUT2D eigenvalue weighted by Crippen LogP contribution is -2.08. The molecule has 0 fully saturated rings. The summed E-state index contributed by atoms with van der Waals surface area (Å²) in [5.41, 5.74) is 7.92. The summed E-state index contributed by atoms with van der Waals surface area (Å²) in [5, 5.41) is 19.4. The molecule has 0 radical (unpaired) electrons. The number of carbonyl (C=O) groups is 1. The third-order valence-corrected chi connectivity index (χ3v) is 6.04. The van der Waals surface area contributed by atoms with E-state index in [9.17, 15) is 9.90 Å². The van der Waals surface area contributed by atoms with Crippen molar-refractivity contribution in [2.45, 2.75) is 85.2 Å². The zero-order chi connectivity index (χ0) is 17.9. The highest BCUT2D eigenvalue weighted by Gasteiger charge is 2.34. The Hall–Kier alpha value is -1.35. The number of hydrogen-bond donors (Lipinski definition) is 2. The van der Waals surface area contributed by atoms with Gasteiger partial charge in [0.25, 0.3) is 0 Å². The lowest BCUT2D eigenvalue weighted by Gasteiger charge is -2.18. The maximum Gasteiger partial charge on any atom is 0.303 e. The first kappa shape index (κ1) is 19.0. The van der Waals surface area contributed by atoms with Crippen molar-refractivity contribution in [3.8, 4) is 0 Å². The highest BCUT2D eigenvalue weighted by atomic mass is 16.4. The summed E-state index contributed by atoms with van der Waals surface area (Å²) in [4.78, 5) is 10.5. The molecule has 0 amide bonds. The molecule has 0 aromatic heterocycles. The van der Waals surface area contributed by atoms with Crippen LogP contribution in [-0.4, -0.2) is 16.2 Å². The van der Waals surface area contributed by atoms with Crippen LogP contribution in [0.2, 0.25) is 0 Å². The third-order valence-electron chi connectivity index (χ3n) is 6.04. The summed E-state index contributed by atoms with van der Waals surface area (Å²) in [6.07, 6.45) is 7.17. The molecule has 24 heavy (non-hydrogen) atoms. The molecule has 2 atom stereocenters. The van der Waals surface area contributed by atoms with Crippen LogP contribution in [0.15, 0.2) is 0 Å². The van der Waals surface area contributed by atoms with E-state index in [4.69, 9.17) is 5.11 Å². The molecule has 1 aliphatic carbocycles. The highest BCUT2D eigenvalue weighted by molar-refractivity contribution is 5.66. The summed E-state index contributed by atoms with van der Waals surface area (Å²) in [5.74, 6) is -0.351. The minimum atomic E-state index is -0.696. The third kappa shape index (κ3) is 4.00. The Kier molecular flexibility index (Phi) is 6.45. The van der Waals surface area contributed by atoms with Crippen LogP contribution in [0.1, 0.15) is 84.4 Å². The molecular weight excluding hydrogens is 300 g/mol. The molecule has 3 nitrogen and oxygen atoms in total. The molecule has 0 spiro atoms. The summed E-state index contributed by atoms with van der Waals surface area (Å²) >= 11 is 0. The number of fused-ring (bicyclic) bond motifs is 1. The van der Waals surface area contributed by atoms with Gasteiger partial charge >= 0.3 is 5.97 Å². The molecule has 0 saturated heterocycles. The maximum absolute atomic E-state index is 10.8. The van der Waals surface area contributed by atoms with Gasteiger partial charge in [-0.1, -0.05) is 25.7 Å². The van der Waals surface area contributed by atoms with E-state index < -0.39 is 5.97 Å². The smallest absolute Gasteiger partial charge is 0.303 e. The number of aliphatic carboxylic acids is 1. The second kappa shape index (κ2) is 8.15. The summed E-state index contributed by atoms with van der Waals surface area (Å²) in [6, 6.07) is 0. The second-order valence-electron chi connectivity index (χ2n) is 7.50. The molecule has 1 aromatic rings. The molecule has 1 aliphatic rings. The number of carboxylic acid groups (broad SMARTS) is 1. The monoisotopic (exact) mass is 332 g/mol. The van der Waals surface area contributed by atoms with Gasteiger partial charge in [-0.15, -0.1) is 0 Å². The predicted octanol–water partition coefficient (Wildman–Crippen LogP) is 4.94. The van der Waals surface area contributed by atoms with Crippen LogP contribution in [0.5, 0.6) is 0 Å². The average molecular weight is 332 g/mol. The second-order valence-corrected chi connectivity index (χ2v) is 7.50. The fourth-order valence-corrected chi connectivity index (χ4v) is 4.17. The van der Waals surface area contributed by atoms with Gasteiger partial charge in [-0.05, 0) is 86.3 Å². The predicted molar refractivity (Wildman–Crippen MR) is 97.5 cm³/mol. The SMILES string of the molecule is Cc1c(C)c(C)c2c(c1C)CC(CCCCCCCC(=O)O)C2O. The van der Waals surface area contributed by atoms with Gasteiger partial charge in [0.05, 0.1) is 6.10 Å². The molecule has 0 saturated carbocycles. The van der Waals surface area contributed by atoms with Crippen LogP contribution in [0.3, 0.4) is 0 Å². The van der Waals surface area contributed by atoms with E-state index in [0.29, 0.717) is 5.92 Å². The van der Waals surface area contributed by atoms with Crippen molar-refractivity contribution in [2.75, 3.05) is 0 Å². The highest BCUT2D eigenvalue weighted by Crippen LogP contribution is 2.44. The van der Waals surface area contributed by atoms with Crippen LogP contribution in [-0.2, 0) is 11.2 Å². The zero-order valence-corrected chi connectivity index (χ0v) is 15.6. The average Bonchev–Trinajstić information content (AvgIpc) is 2.86. The number of carboxylic acids is 1. The number of benzene rings is 1. The number of hydrogen-bond acceptors (Lipinski definition) is 2. The Morgan fingerprint density at radius 3 is 2.17 bits per heavy atom. The van der Waals surface area contributed by atoms with Crippen molar-refractivity contribution < 1.29 is 15.0 Å². The van der Waals surface area contributed by atoms with Gasteiger partial charge in [0, 0.05) is 6.42 Å². The lowest BCUT2D eigenvalue weighted by molar-refractivity contribution is -0.137. The van der Waals surface area contributed by atoms with Crippen molar-refractivity contribution >= 4 is 5.97 Å². The van der Waals surface area contributed by atoms with Crippen LogP contribution >= 0.6 is 0 Å². The Morgan fingerprint density at radius 1 is 0.917 bits per heavy atom. The first-order valence-electron chi connectivity index (χ1n) is 9.33. The number of aliphatic hydroxyl groups is 1. The topological polar surface area (TPSA) is 57.5 Å². The molecular formula is C21H32O3. The number of unbranched alkanes of at least 4 members (excludes halogenated alkanes) is 4. The van der Waals surface area contributed by atoms with Gasteiger partial charge in [0.2, 0.25) is 0 Å². The van der Waals surface area contributed by atoms with E-state index in [1.165, 1.54) is 33.4 Å². The summed E-state index contributed by atoms with van der Waals surface area (Å²) < 4.78 is 0. The molecule has 0 aliphatic heterocycles. The van der Waals surface area contributed by atoms with Crippen molar-refractivity contribution in [2.24, 2.45) is 5.92 Å². The van der Waals surface area contributed by atoms with E-state index in [-0.39, 0.29) is 12.5 Å². The van der Waals surface area contributed by atoms with Gasteiger partial charge in [0.15, 0.2) is 0 Å². The molecule has 3 heteroatoms. The molecule has 1 aromatic carbocycles. The first-order chi connectivity index (χ1) is 11.3. The maximum atomic E-state index is 10.8. The Balaban J connectivity index is 1.86. The Bertz CT molecular complexity index is 604. The Labute approximate surface area is 146 Å². The summed E-state index contributed by atoms with van der Waals surface area (Å²) in [7, 11) is 0. The summed E-state index contributed by atoms with van der Waals surface area (Å²) in [6.45, 7) is 8.69. The van der Waals surface area contributed by atoms with Crippen molar-refractivity contribution in [1.29, 1.82) is 0 Å². The number of rotatable bonds is 8. The molecule has 2 rings (SSSR count). The van der Waals surface area contributed by atoms with Crippen molar-refractivity contribution in [3.63, 3.8) is 0 Å². The molecule has 134 valence electrons. The minimum Gasteiger partial charge on any atom is -0.481 e. The first-order valence-corrected chi connectivity index (χ1v) is 9.33. The zero-order valence-electron chi connectivity index (χ0n) is 15.6. The van der Waals surface area contributed by atoms with E-state index in [2.05, 4.69) is 27.7 Å².